The second-order valence-corrected chi connectivity index (χ2v) is 5.50. The summed E-state index contributed by atoms with van der Waals surface area (Å²) >= 11 is 0. The number of hydrazine groups is 1. The van der Waals surface area contributed by atoms with Crippen LogP contribution in [-0.4, -0.2) is 35.5 Å². The number of carbonyl (C=O) groups excluding carboxylic acids is 1. The summed E-state index contributed by atoms with van der Waals surface area (Å²) in [6.07, 6.45) is 5.48. The van der Waals surface area contributed by atoms with Crippen LogP contribution in [0, 0.1) is 0 Å². The van der Waals surface area contributed by atoms with E-state index >= 15 is 0 Å². The number of aromatic nitrogens is 1. The molecule has 5 nitrogen and oxygen atoms in total. The van der Waals surface area contributed by atoms with E-state index in [1.165, 1.54) is 6.42 Å². The lowest BCUT2D eigenvalue weighted by atomic mass is 10.1. The maximum atomic E-state index is 12.4. The van der Waals surface area contributed by atoms with E-state index in [0.29, 0.717) is 5.56 Å². The Hall–Kier alpha value is -1.62. The molecule has 2 N–H and O–H groups in total. The molecule has 1 aliphatic rings. The van der Waals surface area contributed by atoms with E-state index in [-0.39, 0.29) is 5.91 Å². The molecule has 0 saturated carbocycles. The summed E-state index contributed by atoms with van der Waals surface area (Å²) in [4.78, 5) is 17.0. The van der Waals surface area contributed by atoms with Gasteiger partial charge < -0.3 is 5.32 Å². The molecular formula is C16H26N4O. The average Bonchev–Trinajstić information content (AvgIpc) is 2.49. The lowest BCUT2D eigenvalue weighted by Crippen LogP contribution is -2.45. The molecule has 0 atom stereocenters. The van der Waals surface area contributed by atoms with Crippen molar-refractivity contribution in [3.8, 4) is 0 Å². The minimum absolute atomic E-state index is 0.0317. The fourth-order valence-electron chi connectivity index (χ4n) is 2.59. The number of amides is 1. The lowest BCUT2D eigenvalue weighted by molar-refractivity contribution is 0.0750. The average molecular weight is 290 g/mol. The third-order valence-corrected chi connectivity index (χ3v) is 3.62. The van der Waals surface area contributed by atoms with Gasteiger partial charge in [0.2, 0.25) is 0 Å². The van der Waals surface area contributed by atoms with Gasteiger partial charge in [-0.2, -0.15) is 0 Å². The van der Waals surface area contributed by atoms with Gasteiger partial charge in [-0.15, -0.1) is 0 Å². The van der Waals surface area contributed by atoms with Crippen LogP contribution in [0.1, 0.15) is 55.6 Å². The molecule has 1 fully saturated rings. The highest BCUT2D eigenvalue weighted by Gasteiger charge is 2.15. The van der Waals surface area contributed by atoms with Gasteiger partial charge in [-0.1, -0.05) is 19.8 Å². The molecule has 1 saturated heterocycles. The summed E-state index contributed by atoms with van der Waals surface area (Å²) in [5.74, 6) is 0.753. The first-order valence-corrected chi connectivity index (χ1v) is 8.03. The van der Waals surface area contributed by atoms with Crippen LogP contribution >= 0.6 is 0 Å². The van der Waals surface area contributed by atoms with Gasteiger partial charge in [-0.05, 0) is 38.3 Å². The minimum atomic E-state index is -0.0317. The molecule has 21 heavy (non-hydrogen) atoms. The number of carbonyl (C=O) groups is 1. The molecule has 0 spiro atoms. The quantitative estimate of drug-likeness (QED) is 0.845. The molecule has 0 bridgehead atoms. The fourth-order valence-corrected chi connectivity index (χ4v) is 2.59. The lowest BCUT2D eigenvalue weighted by Gasteiger charge is -2.26. The number of nitrogens with zero attached hydrogens (tertiary/aromatic N) is 2. The normalized spacial score (nSPS) is 15.7. The zero-order chi connectivity index (χ0) is 15.1. The highest BCUT2D eigenvalue weighted by atomic mass is 16.2. The first-order chi connectivity index (χ1) is 10.2. The van der Waals surface area contributed by atoms with Crippen molar-refractivity contribution in [2.45, 2.75) is 46.0 Å². The van der Waals surface area contributed by atoms with Crippen molar-refractivity contribution < 1.29 is 4.79 Å². The first kappa shape index (κ1) is 15.8. The Labute approximate surface area is 127 Å². The summed E-state index contributed by atoms with van der Waals surface area (Å²) in [6, 6.07) is 3.74. The Morgan fingerprint density at radius 2 is 2.00 bits per heavy atom. The third-order valence-electron chi connectivity index (χ3n) is 3.62. The van der Waals surface area contributed by atoms with Gasteiger partial charge in [-0.25, -0.2) is 9.99 Å². The Balaban J connectivity index is 2.10. The van der Waals surface area contributed by atoms with E-state index in [9.17, 15) is 4.79 Å². The van der Waals surface area contributed by atoms with Gasteiger partial charge in [-0.3, -0.25) is 10.2 Å². The molecule has 1 aromatic heterocycles. The smallest absolute Gasteiger partial charge is 0.265 e. The first-order valence-electron chi connectivity index (χ1n) is 8.03. The SMILES string of the molecule is CCCc1cc(C(=O)NN2CCCCC2)cc(NCC)n1. The number of aryl methyl sites for hydroxylation is 1. The Morgan fingerprint density at radius 1 is 1.24 bits per heavy atom. The van der Waals surface area contributed by atoms with Crippen LogP contribution in [0.2, 0.25) is 0 Å². The molecule has 1 amide bonds. The van der Waals surface area contributed by atoms with Crippen LogP contribution < -0.4 is 10.7 Å². The number of anilines is 1. The monoisotopic (exact) mass is 290 g/mol. The van der Waals surface area contributed by atoms with Crippen LogP contribution in [0.5, 0.6) is 0 Å². The zero-order valence-corrected chi connectivity index (χ0v) is 13.1. The molecule has 0 aliphatic carbocycles. The van der Waals surface area contributed by atoms with Gasteiger partial charge in [0.05, 0.1) is 0 Å². The predicted octanol–water partition coefficient (Wildman–Crippen LogP) is 2.60. The van der Waals surface area contributed by atoms with Crippen molar-refractivity contribution in [2.75, 3.05) is 25.0 Å². The van der Waals surface area contributed by atoms with E-state index in [1.54, 1.807) is 0 Å². The Bertz CT molecular complexity index is 445. The van der Waals surface area contributed by atoms with Crippen molar-refractivity contribution in [1.29, 1.82) is 0 Å². The molecule has 116 valence electrons. The fraction of sp³-hybridized carbons (Fsp3) is 0.625. The molecule has 0 radical (unpaired) electrons. The van der Waals surface area contributed by atoms with Crippen molar-refractivity contribution >= 4 is 11.7 Å². The maximum Gasteiger partial charge on any atom is 0.265 e. The summed E-state index contributed by atoms with van der Waals surface area (Å²) in [6.45, 7) is 6.84. The minimum Gasteiger partial charge on any atom is -0.370 e. The van der Waals surface area contributed by atoms with Crippen molar-refractivity contribution in [1.82, 2.24) is 15.4 Å². The van der Waals surface area contributed by atoms with E-state index in [1.807, 2.05) is 24.1 Å². The summed E-state index contributed by atoms with van der Waals surface area (Å²) < 4.78 is 0. The number of piperidine rings is 1. The van der Waals surface area contributed by atoms with Crippen LogP contribution in [0.4, 0.5) is 5.82 Å². The number of hydrogen-bond acceptors (Lipinski definition) is 4. The molecule has 1 aliphatic heterocycles. The van der Waals surface area contributed by atoms with E-state index in [0.717, 1.165) is 56.8 Å². The topological polar surface area (TPSA) is 57.3 Å². The second kappa shape index (κ2) is 7.98. The van der Waals surface area contributed by atoms with Crippen molar-refractivity contribution in [3.63, 3.8) is 0 Å². The molecular weight excluding hydrogens is 264 g/mol. The molecule has 2 rings (SSSR count). The Morgan fingerprint density at radius 3 is 2.67 bits per heavy atom. The van der Waals surface area contributed by atoms with Crippen molar-refractivity contribution in [3.05, 3.63) is 23.4 Å². The van der Waals surface area contributed by atoms with Gasteiger partial charge in [0.15, 0.2) is 0 Å². The van der Waals surface area contributed by atoms with E-state index in [4.69, 9.17) is 0 Å². The van der Waals surface area contributed by atoms with Gasteiger partial charge >= 0.3 is 0 Å². The molecule has 0 unspecified atom stereocenters. The summed E-state index contributed by atoms with van der Waals surface area (Å²) in [5.41, 5.74) is 4.67. The number of pyridine rings is 1. The largest absolute Gasteiger partial charge is 0.370 e. The third kappa shape index (κ3) is 4.70. The zero-order valence-electron chi connectivity index (χ0n) is 13.1. The Kier molecular flexibility index (Phi) is 5.99. The van der Waals surface area contributed by atoms with Crippen LogP contribution in [-0.2, 0) is 6.42 Å². The number of rotatable bonds is 6. The molecule has 5 heteroatoms. The van der Waals surface area contributed by atoms with E-state index in [2.05, 4.69) is 22.7 Å². The molecule has 2 heterocycles. The van der Waals surface area contributed by atoms with E-state index < -0.39 is 0 Å². The van der Waals surface area contributed by atoms with Crippen LogP contribution in [0.3, 0.4) is 0 Å². The highest BCUT2D eigenvalue weighted by Crippen LogP contribution is 2.13. The molecule has 1 aromatic rings. The van der Waals surface area contributed by atoms with Gasteiger partial charge in [0.1, 0.15) is 5.82 Å². The van der Waals surface area contributed by atoms with Crippen molar-refractivity contribution in [2.24, 2.45) is 0 Å². The highest BCUT2D eigenvalue weighted by molar-refractivity contribution is 5.94. The number of hydrogen-bond donors (Lipinski definition) is 2. The molecule has 0 aromatic carbocycles. The maximum absolute atomic E-state index is 12.4. The predicted molar refractivity (Wildman–Crippen MR) is 85.3 cm³/mol. The van der Waals surface area contributed by atoms with Gasteiger partial charge in [0, 0.05) is 30.9 Å². The van der Waals surface area contributed by atoms with Crippen LogP contribution in [0.25, 0.3) is 0 Å². The standard InChI is InChI=1S/C16H26N4O/c1-3-8-14-11-13(12-15(18-14)17-4-2)16(21)19-20-9-6-5-7-10-20/h11-12H,3-10H2,1-2H3,(H,17,18)(H,19,21). The van der Waals surface area contributed by atoms with Crippen LogP contribution in [0.15, 0.2) is 12.1 Å². The number of nitrogens with one attached hydrogen (secondary N) is 2. The second-order valence-electron chi connectivity index (χ2n) is 5.50. The van der Waals surface area contributed by atoms with Gasteiger partial charge in [0.25, 0.3) is 5.91 Å². The summed E-state index contributed by atoms with van der Waals surface area (Å²) in [7, 11) is 0. The summed E-state index contributed by atoms with van der Waals surface area (Å²) in [5, 5.41) is 5.23.